The van der Waals surface area contributed by atoms with E-state index in [2.05, 4.69) is 5.32 Å². The molecular weight excluding hydrogens is 376 g/mol. The molecule has 0 aliphatic carbocycles. The molecule has 3 atom stereocenters. The smallest absolute Gasteiger partial charge is 0.408 e. The maximum atomic E-state index is 13.2. The van der Waals surface area contributed by atoms with Gasteiger partial charge in [0.05, 0.1) is 18.8 Å². The minimum atomic E-state index is -0.947. The normalized spacial score (nSPS) is 15.3. The van der Waals surface area contributed by atoms with Crippen molar-refractivity contribution in [1.82, 2.24) is 10.2 Å². The maximum absolute atomic E-state index is 13.2. The number of hydrogen-bond donors (Lipinski definition) is 1. The van der Waals surface area contributed by atoms with Crippen LogP contribution in [0.15, 0.2) is 11.6 Å². The molecule has 8 heteroatoms. The van der Waals surface area contributed by atoms with Crippen LogP contribution >= 0.6 is 0 Å². The zero-order valence-electron chi connectivity index (χ0n) is 19.5. The molecule has 1 N–H and O–H groups in total. The summed E-state index contributed by atoms with van der Waals surface area (Å²) in [6, 6.07) is -1.32. The first-order valence-corrected chi connectivity index (χ1v) is 9.89. The summed E-state index contributed by atoms with van der Waals surface area (Å²) in [6.45, 7) is 14.5. The molecule has 29 heavy (non-hydrogen) atoms. The SMILES string of the molecule is CCOC(=O)/C(C)=C/[C@H](C(C)C)N(C)C(=O)[C@@H](NC(=O)OC(C)(C)C)C(C)OC. The molecule has 0 heterocycles. The van der Waals surface area contributed by atoms with Gasteiger partial charge in [-0.3, -0.25) is 4.79 Å². The minimum Gasteiger partial charge on any atom is -0.463 e. The van der Waals surface area contributed by atoms with Crippen LogP contribution in [-0.4, -0.2) is 67.4 Å². The number of nitrogens with zero attached hydrogens (tertiary/aromatic N) is 1. The number of carbonyl (C=O) groups excluding carboxylic acids is 3. The van der Waals surface area contributed by atoms with E-state index in [-0.39, 0.29) is 24.5 Å². The number of carbonyl (C=O) groups is 3. The van der Waals surface area contributed by atoms with Gasteiger partial charge in [-0.2, -0.15) is 0 Å². The Labute approximate surface area is 174 Å². The van der Waals surface area contributed by atoms with Gasteiger partial charge in [0.15, 0.2) is 0 Å². The van der Waals surface area contributed by atoms with Gasteiger partial charge < -0.3 is 24.4 Å². The molecule has 0 radical (unpaired) electrons. The number of nitrogens with one attached hydrogen (secondary N) is 1. The van der Waals surface area contributed by atoms with Crippen molar-refractivity contribution >= 4 is 18.0 Å². The van der Waals surface area contributed by atoms with Crippen LogP contribution in [0.4, 0.5) is 4.79 Å². The van der Waals surface area contributed by atoms with Crippen molar-refractivity contribution in [1.29, 1.82) is 0 Å². The van der Waals surface area contributed by atoms with Crippen LogP contribution in [0.1, 0.15) is 55.4 Å². The summed E-state index contributed by atoms with van der Waals surface area (Å²) in [5.74, 6) is -0.752. The lowest BCUT2D eigenvalue weighted by Gasteiger charge is -2.34. The molecule has 0 saturated carbocycles. The Bertz CT molecular complexity index is 594. The number of ether oxygens (including phenoxy) is 3. The van der Waals surface area contributed by atoms with E-state index in [1.807, 2.05) is 13.8 Å². The first-order chi connectivity index (χ1) is 13.2. The zero-order chi connectivity index (χ0) is 22.9. The molecule has 0 aromatic carbocycles. The highest BCUT2D eigenvalue weighted by Gasteiger charge is 2.34. The minimum absolute atomic E-state index is 0.0216. The van der Waals surface area contributed by atoms with Crippen LogP contribution in [0, 0.1) is 5.92 Å². The van der Waals surface area contributed by atoms with Gasteiger partial charge in [0, 0.05) is 19.7 Å². The lowest BCUT2D eigenvalue weighted by atomic mass is 9.98. The molecule has 0 saturated heterocycles. The third kappa shape index (κ3) is 9.30. The summed E-state index contributed by atoms with van der Waals surface area (Å²) in [5.41, 5.74) is -0.276. The zero-order valence-corrected chi connectivity index (χ0v) is 19.5. The number of alkyl carbamates (subject to hydrolysis) is 1. The molecule has 0 rings (SSSR count). The van der Waals surface area contributed by atoms with Crippen LogP contribution in [0.3, 0.4) is 0 Å². The van der Waals surface area contributed by atoms with Crippen LogP contribution < -0.4 is 5.32 Å². The molecule has 0 fully saturated rings. The van der Waals surface area contributed by atoms with Crippen molar-refractivity contribution in [2.45, 2.75) is 79.2 Å². The third-order valence-electron chi connectivity index (χ3n) is 4.28. The second-order valence-corrected chi connectivity index (χ2v) is 8.32. The van der Waals surface area contributed by atoms with E-state index >= 15 is 0 Å². The molecule has 8 nitrogen and oxygen atoms in total. The van der Waals surface area contributed by atoms with E-state index in [0.29, 0.717) is 5.57 Å². The number of hydrogen-bond acceptors (Lipinski definition) is 6. The highest BCUT2D eigenvalue weighted by Crippen LogP contribution is 2.17. The first kappa shape index (κ1) is 26.9. The number of rotatable bonds is 9. The van der Waals surface area contributed by atoms with E-state index in [1.165, 1.54) is 12.0 Å². The van der Waals surface area contributed by atoms with Crippen molar-refractivity contribution in [3.05, 3.63) is 11.6 Å². The van der Waals surface area contributed by atoms with Gasteiger partial charge >= 0.3 is 12.1 Å². The van der Waals surface area contributed by atoms with Gasteiger partial charge in [0.1, 0.15) is 11.6 Å². The molecule has 2 amide bonds. The van der Waals surface area contributed by atoms with Crippen LogP contribution in [-0.2, 0) is 23.8 Å². The summed E-state index contributed by atoms with van der Waals surface area (Å²) in [7, 11) is 3.10. The fourth-order valence-electron chi connectivity index (χ4n) is 2.64. The molecule has 0 aliphatic rings. The van der Waals surface area contributed by atoms with E-state index < -0.39 is 29.8 Å². The summed E-state index contributed by atoms with van der Waals surface area (Å²) in [4.78, 5) is 38.9. The fourth-order valence-corrected chi connectivity index (χ4v) is 2.64. The van der Waals surface area contributed by atoms with Crippen LogP contribution in [0.2, 0.25) is 0 Å². The van der Waals surface area contributed by atoms with E-state index in [1.54, 1.807) is 54.7 Å². The first-order valence-electron chi connectivity index (χ1n) is 9.89. The Morgan fingerprint density at radius 1 is 1.14 bits per heavy atom. The molecule has 168 valence electrons. The summed E-state index contributed by atoms with van der Waals surface area (Å²) >= 11 is 0. The predicted molar refractivity (Wildman–Crippen MR) is 111 cm³/mol. The van der Waals surface area contributed by atoms with E-state index in [0.717, 1.165) is 0 Å². The number of methoxy groups -OCH3 is 1. The Morgan fingerprint density at radius 3 is 2.10 bits per heavy atom. The quantitative estimate of drug-likeness (QED) is 0.460. The highest BCUT2D eigenvalue weighted by molar-refractivity contribution is 5.89. The molecule has 0 aliphatic heterocycles. The van der Waals surface area contributed by atoms with Gasteiger partial charge in [0.25, 0.3) is 0 Å². The Morgan fingerprint density at radius 2 is 1.69 bits per heavy atom. The third-order valence-corrected chi connectivity index (χ3v) is 4.28. The maximum Gasteiger partial charge on any atom is 0.408 e. The van der Waals surface area contributed by atoms with E-state index in [4.69, 9.17) is 14.2 Å². The molecule has 0 aromatic heterocycles. The second-order valence-electron chi connectivity index (χ2n) is 8.32. The van der Waals surface area contributed by atoms with Crippen molar-refractivity contribution in [3.8, 4) is 0 Å². The molecule has 0 aromatic rings. The van der Waals surface area contributed by atoms with Crippen LogP contribution in [0.25, 0.3) is 0 Å². The van der Waals surface area contributed by atoms with Crippen molar-refractivity contribution < 1.29 is 28.6 Å². The monoisotopic (exact) mass is 414 g/mol. The number of amides is 2. The van der Waals surface area contributed by atoms with Crippen molar-refractivity contribution in [2.24, 2.45) is 5.92 Å². The standard InChI is InChI=1S/C21H38N2O6/c1-11-28-19(25)14(4)12-16(13(2)3)23(9)18(24)17(15(5)27-10)22-20(26)29-21(6,7)8/h12-13,15-17H,11H2,1-10H3,(H,22,26)/b14-12+/t15?,16-,17+/m1/s1. The van der Waals surface area contributed by atoms with E-state index in [9.17, 15) is 14.4 Å². The lowest BCUT2D eigenvalue weighted by Crippen LogP contribution is -2.56. The van der Waals surface area contributed by atoms with Crippen LogP contribution in [0.5, 0.6) is 0 Å². The van der Waals surface area contributed by atoms with Crippen molar-refractivity contribution in [3.63, 3.8) is 0 Å². The average molecular weight is 415 g/mol. The Balaban J connectivity index is 5.64. The fraction of sp³-hybridized carbons (Fsp3) is 0.762. The summed E-state index contributed by atoms with van der Waals surface area (Å²) in [5, 5.41) is 2.61. The van der Waals surface area contributed by atoms with Gasteiger partial charge in [-0.05, 0) is 47.5 Å². The molecule has 0 bridgehead atoms. The van der Waals surface area contributed by atoms with Gasteiger partial charge in [-0.1, -0.05) is 19.9 Å². The topological polar surface area (TPSA) is 94.2 Å². The second kappa shape index (κ2) is 11.8. The predicted octanol–water partition coefficient (Wildman–Crippen LogP) is 2.91. The molecule has 0 spiro atoms. The lowest BCUT2D eigenvalue weighted by molar-refractivity contribution is -0.139. The summed E-state index contributed by atoms with van der Waals surface area (Å²) in [6.07, 6.45) is 0.427. The van der Waals surface area contributed by atoms with Gasteiger partial charge in [-0.15, -0.1) is 0 Å². The number of likely N-dealkylation sites (N-methyl/N-ethyl adjacent to an activating group) is 1. The van der Waals surface area contributed by atoms with Crippen molar-refractivity contribution in [2.75, 3.05) is 20.8 Å². The highest BCUT2D eigenvalue weighted by atomic mass is 16.6. The Kier molecular flexibility index (Phi) is 11.0. The molecule has 1 unspecified atom stereocenters. The number of esters is 1. The largest absolute Gasteiger partial charge is 0.463 e. The average Bonchev–Trinajstić information content (AvgIpc) is 2.60. The summed E-state index contributed by atoms with van der Waals surface area (Å²) < 4.78 is 15.6. The molecular formula is C21H38N2O6. The van der Waals surface area contributed by atoms with Gasteiger partial charge in [0.2, 0.25) is 5.91 Å². The Hall–Kier alpha value is -2.09. The van der Waals surface area contributed by atoms with Gasteiger partial charge in [-0.25, -0.2) is 9.59 Å².